The van der Waals surface area contributed by atoms with Gasteiger partial charge in [-0.25, -0.2) is 4.79 Å². The molecule has 0 aliphatic carbocycles. The van der Waals surface area contributed by atoms with E-state index in [2.05, 4.69) is 4.98 Å². The van der Waals surface area contributed by atoms with Crippen molar-refractivity contribution in [2.24, 2.45) is 0 Å². The number of methoxy groups -OCH3 is 4. The Kier molecular flexibility index (Phi) is 6.84. The summed E-state index contributed by atoms with van der Waals surface area (Å²) in [4.78, 5) is 17.8. The number of fused-ring (bicyclic) bond motifs is 1. The van der Waals surface area contributed by atoms with Gasteiger partial charge in [-0.05, 0) is 43.2 Å². The molecule has 0 saturated carbocycles. The van der Waals surface area contributed by atoms with Crippen LogP contribution in [0.2, 0.25) is 0 Å². The third-order valence-electron chi connectivity index (χ3n) is 4.99. The zero-order valence-electron chi connectivity index (χ0n) is 18.7. The highest BCUT2D eigenvalue weighted by molar-refractivity contribution is 6.10. The third-order valence-corrected chi connectivity index (χ3v) is 4.99. The number of nitrogens with zero attached hydrogens (tertiary/aromatic N) is 1. The van der Waals surface area contributed by atoms with Crippen molar-refractivity contribution >= 4 is 16.9 Å². The summed E-state index contributed by atoms with van der Waals surface area (Å²) in [6.07, 6.45) is 0.717. The predicted octanol–water partition coefficient (Wildman–Crippen LogP) is 4.81. The van der Waals surface area contributed by atoms with Gasteiger partial charge in [0.15, 0.2) is 23.0 Å². The summed E-state index contributed by atoms with van der Waals surface area (Å²) >= 11 is 0. The molecule has 7 nitrogen and oxygen atoms in total. The zero-order chi connectivity index (χ0) is 22.5. The normalized spacial score (nSPS) is 10.6. The molecule has 0 spiro atoms. The lowest BCUT2D eigenvalue weighted by molar-refractivity contribution is 0.0505. The van der Waals surface area contributed by atoms with Crippen LogP contribution < -0.4 is 18.9 Å². The van der Waals surface area contributed by atoms with Crippen molar-refractivity contribution in [1.82, 2.24) is 4.98 Å². The van der Waals surface area contributed by atoms with E-state index in [1.807, 2.05) is 25.1 Å². The third kappa shape index (κ3) is 4.08. The second-order valence-corrected chi connectivity index (χ2v) is 6.85. The number of ether oxygens (including phenoxy) is 5. The van der Waals surface area contributed by atoms with E-state index in [1.165, 1.54) is 0 Å². The van der Waals surface area contributed by atoms with Gasteiger partial charge in [0.05, 0.1) is 57.2 Å². The van der Waals surface area contributed by atoms with Gasteiger partial charge in [-0.2, -0.15) is 0 Å². The molecule has 0 aliphatic rings. The highest BCUT2D eigenvalue weighted by Crippen LogP contribution is 2.44. The van der Waals surface area contributed by atoms with Crippen molar-refractivity contribution in [3.63, 3.8) is 0 Å². The molecule has 0 amide bonds. The van der Waals surface area contributed by atoms with Crippen LogP contribution in [0.1, 0.15) is 29.4 Å². The molecular weight excluding hydrogens is 398 g/mol. The van der Waals surface area contributed by atoms with Gasteiger partial charge in [-0.3, -0.25) is 4.98 Å². The number of pyridine rings is 1. The van der Waals surface area contributed by atoms with Crippen molar-refractivity contribution < 1.29 is 28.5 Å². The minimum absolute atomic E-state index is 0.316. The van der Waals surface area contributed by atoms with Crippen LogP contribution in [0.3, 0.4) is 0 Å². The molecule has 3 aromatic rings. The highest BCUT2D eigenvalue weighted by atomic mass is 16.5. The van der Waals surface area contributed by atoms with E-state index in [-0.39, 0.29) is 0 Å². The Balaban J connectivity index is 2.45. The van der Waals surface area contributed by atoms with Crippen molar-refractivity contribution in [1.29, 1.82) is 0 Å². The summed E-state index contributed by atoms with van der Waals surface area (Å²) in [5.74, 6) is 1.71. The molecule has 0 saturated heterocycles. The molecule has 0 fully saturated rings. The number of hydrogen-bond acceptors (Lipinski definition) is 7. The SMILES string of the molecule is CCCOC(=O)c1c(C)nc2ccc(OC)c(OC)c2c1-c1ccc(OC)c(OC)c1. The number of rotatable bonds is 8. The van der Waals surface area contributed by atoms with Gasteiger partial charge in [0.1, 0.15) is 0 Å². The van der Waals surface area contributed by atoms with Crippen molar-refractivity contribution in [2.75, 3.05) is 35.0 Å². The summed E-state index contributed by atoms with van der Waals surface area (Å²) in [5.41, 5.74) is 2.99. The fraction of sp³-hybridized carbons (Fsp3) is 0.333. The Bertz CT molecular complexity index is 1110. The summed E-state index contributed by atoms with van der Waals surface area (Å²) in [5, 5.41) is 0.656. The average molecular weight is 425 g/mol. The minimum Gasteiger partial charge on any atom is -0.493 e. The number of benzene rings is 2. The second-order valence-electron chi connectivity index (χ2n) is 6.85. The maximum atomic E-state index is 13.1. The summed E-state index contributed by atoms with van der Waals surface area (Å²) < 4.78 is 27.6. The van der Waals surface area contributed by atoms with Crippen molar-refractivity contribution in [3.8, 4) is 34.1 Å². The monoisotopic (exact) mass is 425 g/mol. The Morgan fingerprint density at radius 2 is 1.58 bits per heavy atom. The summed E-state index contributed by atoms with van der Waals surface area (Å²) in [6, 6.07) is 9.12. The number of esters is 1. The molecule has 31 heavy (non-hydrogen) atoms. The van der Waals surface area contributed by atoms with Gasteiger partial charge in [0.2, 0.25) is 0 Å². The average Bonchev–Trinajstić information content (AvgIpc) is 2.80. The molecule has 0 atom stereocenters. The number of aromatic nitrogens is 1. The van der Waals surface area contributed by atoms with E-state index in [9.17, 15) is 4.79 Å². The Morgan fingerprint density at radius 1 is 0.903 bits per heavy atom. The molecule has 1 heterocycles. The zero-order valence-corrected chi connectivity index (χ0v) is 18.7. The van der Waals surface area contributed by atoms with Crippen LogP contribution in [0, 0.1) is 6.92 Å². The molecular formula is C24H27NO6. The first-order valence-corrected chi connectivity index (χ1v) is 9.95. The minimum atomic E-state index is -0.441. The lowest BCUT2D eigenvalue weighted by atomic mass is 9.93. The van der Waals surface area contributed by atoms with Crippen LogP contribution in [-0.2, 0) is 4.74 Å². The van der Waals surface area contributed by atoms with E-state index in [1.54, 1.807) is 47.5 Å². The van der Waals surface area contributed by atoms with Crippen molar-refractivity contribution in [3.05, 3.63) is 41.6 Å². The lowest BCUT2D eigenvalue weighted by Gasteiger charge is -2.19. The Hall–Kier alpha value is -3.48. The van der Waals surface area contributed by atoms with Gasteiger partial charge < -0.3 is 23.7 Å². The Labute approximate surface area is 181 Å². The first-order chi connectivity index (χ1) is 15.0. The van der Waals surface area contributed by atoms with Crippen LogP contribution in [-0.4, -0.2) is 46.0 Å². The molecule has 0 radical (unpaired) electrons. The molecule has 164 valence electrons. The number of carbonyl (C=O) groups excluding carboxylic acids is 1. The summed E-state index contributed by atoms with van der Waals surface area (Å²) in [7, 11) is 6.27. The first-order valence-electron chi connectivity index (χ1n) is 9.95. The van der Waals surface area contributed by atoms with E-state index in [0.717, 1.165) is 5.56 Å². The molecule has 3 rings (SSSR count). The van der Waals surface area contributed by atoms with Crippen LogP contribution in [0.5, 0.6) is 23.0 Å². The maximum absolute atomic E-state index is 13.1. The highest BCUT2D eigenvalue weighted by Gasteiger charge is 2.26. The van der Waals surface area contributed by atoms with Crippen LogP contribution in [0.15, 0.2) is 30.3 Å². The predicted molar refractivity (Wildman–Crippen MR) is 119 cm³/mol. The smallest absolute Gasteiger partial charge is 0.340 e. The quantitative estimate of drug-likeness (QED) is 0.479. The van der Waals surface area contributed by atoms with Gasteiger partial charge in [-0.15, -0.1) is 0 Å². The molecule has 7 heteroatoms. The van der Waals surface area contributed by atoms with Gasteiger partial charge in [-0.1, -0.05) is 13.0 Å². The van der Waals surface area contributed by atoms with Crippen molar-refractivity contribution in [2.45, 2.75) is 20.3 Å². The number of aryl methyl sites for hydroxylation is 1. The fourth-order valence-electron chi connectivity index (χ4n) is 3.59. The molecule has 2 aromatic carbocycles. The van der Waals surface area contributed by atoms with Gasteiger partial charge >= 0.3 is 5.97 Å². The largest absolute Gasteiger partial charge is 0.493 e. The van der Waals surface area contributed by atoms with Gasteiger partial charge in [0, 0.05) is 5.56 Å². The standard InChI is InChI=1S/C24H27NO6/c1-7-12-31-24(26)20-14(2)25-16-9-11-18(28-4)23(30-6)22(16)21(20)15-8-10-17(27-3)19(13-15)29-5/h8-11,13H,7,12H2,1-6H3. The molecule has 0 unspecified atom stereocenters. The molecule has 0 aliphatic heterocycles. The van der Waals surface area contributed by atoms with Gasteiger partial charge in [0.25, 0.3) is 0 Å². The Morgan fingerprint density at radius 3 is 2.19 bits per heavy atom. The maximum Gasteiger partial charge on any atom is 0.340 e. The van der Waals surface area contributed by atoms with E-state index in [4.69, 9.17) is 23.7 Å². The number of hydrogen-bond donors (Lipinski definition) is 0. The van der Waals surface area contributed by atoms with Crippen LogP contribution in [0.25, 0.3) is 22.0 Å². The van der Waals surface area contributed by atoms with Crippen LogP contribution >= 0.6 is 0 Å². The molecule has 1 aromatic heterocycles. The van der Waals surface area contributed by atoms with E-state index >= 15 is 0 Å². The molecule has 0 N–H and O–H groups in total. The second kappa shape index (κ2) is 9.55. The fourth-order valence-corrected chi connectivity index (χ4v) is 3.59. The molecule has 0 bridgehead atoms. The first kappa shape index (κ1) is 22.2. The topological polar surface area (TPSA) is 76.1 Å². The number of carbonyl (C=O) groups is 1. The lowest BCUT2D eigenvalue weighted by Crippen LogP contribution is -2.12. The van der Waals surface area contributed by atoms with E-state index < -0.39 is 5.97 Å². The van der Waals surface area contributed by atoms with Crippen LogP contribution in [0.4, 0.5) is 0 Å². The van der Waals surface area contributed by atoms with E-state index in [0.29, 0.717) is 63.7 Å². The summed E-state index contributed by atoms with van der Waals surface area (Å²) in [6.45, 7) is 4.06.